The largest absolute Gasteiger partial charge is 0.311 e. The molecule has 1 fully saturated rings. The maximum atomic E-state index is 11.8. The first-order chi connectivity index (χ1) is 8.15. The third-order valence-corrected chi connectivity index (χ3v) is 3.39. The maximum absolute atomic E-state index is 11.8. The highest BCUT2D eigenvalue weighted by molar-refractivity contribution is 9.10. The van der Waals surface area contributed by atoms with Gasteiger partial charge in [0.15, 0.2) is 6.29 Å². The Morgan fingerprint density at radius 2 is 2.24 bits per heavy atom. The zero-order valence-corrected chi connectivity index (χ0v) is 10.8. The molecule has 0 saturated carbocycles. The molecular formula is C13H12BrNO2. The van der Waals surface area contributed by atoms with Gasteiger partial charge in [-0.05, 0) is 18.2 Å². The van der Waals surface area contributed by atoms with Crippen LogP contribution in [0.5, 0.6) is 0 Å². The minimum atomic E-state index is 0.0420. The molecule has 0 N–H and O–H groups in total. The lowest BCUT2D eigenvalue weighted by molar-refractivity contribution is -0.117. The number of rotatable bonds is 3. The Morgan fingerprint density at radius 1 is 1.47 bits per heavy atom. The van der Waals surface area contributed by atoms with Crippen molar-refractivity contribution < 1.29 is 9.59 Å². The molecule has 1 amide bonds. The number of carbonyl (C=O) groups is 2. The van der Waals surface area contributed by atoms with E-state index in [2.05, 4.69) is 22.5 Å². The molecule has 1 aromatic carbocycles. The van der Waals surface area contributed by atoms with Gasteiger partial charge >= 0.3 is 0 Å². The highest BCUT2D eigenvalue weighted by atomic mass is 79.9. The minimum absolute atomic E-state index is 0.0420. The summed E-state index contributed by atoms with van der Waals surface area (Å²) in [6.07, 6.45) is 3.03. The highest BCUT2D eigenvalue weighted by Gasteiger charge is 2.29. The fourth-order valence-corrected chi connectivity index (χ4v) is 2.37. The van der Waals surface area contributed by atoms with Crippen LogP contribution in [0.25, 0.3) is 0 Å². The highest BCUT2D eigenvalue weighted by Crippen LogP contribution is 2.29. The van der Waals surface area contributed by atoms with Crippen LogP contribution in [0.15, 0.2) is 35.3 Å². The molecule has 1 heterocycles. The van der Waals surface area contributed by atoms with Crippen LogP contribution in [-0.2, 0) is 4.79 Å². The predicted octanol–water partition coefficient (Wildman–Crippen LogP) is 2.80. The van der Waals surface area contributed by atoms with E-state index in [1.54, 1.807) is 23.1 Å². The Morgan fingerprint density at radius 3 is 2.82 bits per heavy atom. The van der Waals surface area contributed by atoms with Gasteiger partial charge in [-0.3, -0.25) is 9.59 Å². The second-order valence-electron chi connectivity index (χ2n) is 4.03. The Balaban J connectivity index is 2.37. The summed E-state index contributed by atoms with van der Waals surface area (Å²) >= 11 is 3.31. The third-order valence-electron chi connectivity index (χ3n) is 2.90. The van der Waals surface area contributed by atoms with E-state index in [0.717, 1.165) is 10.8 Å². The van der Waals surface area contributed by atoms with Crippen molar-refractivity contribution in [3.63, 3.8) is 0 Å². The zero-order valence-electron chi connectivity index (χ0n) is 9.23. The van der Waals surface area contributed by atoms with E-state index in [-0.39, 0.29) is 11.8 Å². The van der Waals surface area contributed by atoms with Gasteiger partial charge < -0.3 is 4.90 Å². The lowest BCUT2D eigenvalue weighted by atomic mass is 10.1. The van der Waals surface area contributed by atoms with Crippen molar-refractivity contribution in [3.05, 3.63) is 40.9 Å². The number of nitrogens with zero attached hydrogens (tertiary/aromatic N) is 1. The summed E-state index contributed by atoms with van der Waals surface area (Å²) < 4.78 is 0.829. The number of carbonyl (C=O) groups excluding carboxylic acids is 2. The van der Waals surface area contributed by atoms with E-state index in [9.17, 15) is 9.59 Å². The van der Waals surface area contributed by atoms with Crippen molar-refractivity contribution >= 4 is 33.8 Å². The molecule has 0 aliphatic carbocycles. The van der Waals surface area contributed by atoms with Gasteiger partial charge in [-0.25, -0.2) is 0 Å². The molecule has 1 atom stereocenters. The number of hydrogen-bond donors (Lipinski definition) is 0. The maximum Gasteiger partial charge on any atom is 0.227 e. The molecule has 1 aromatic rings. The molecule has 1 saturated heterocycles. The molecule has 0 bridgehead atoms. The fraction of sp³-hybridized carbons (Fsp3) is 0.231. The number of aldehydes is 1. The van der Waals surface area contributed by atoms with Crippen LogP contribution >= 0.6 is 15.9 Å². The van der Waals surface area contributed by atoms with Crippen molar-refractivity contribution in [3.8, 4) is 0 Å². The normalized spacial score (nSPS) is 19.5. The first-order valence-corrected chi connectivity index (χ1v) is 6.12. The summed E-state index contributed by atoms with van der Waals surface area (Å²) in [6.45, 7) is 4.31. The molecule has 88 valence electrons. The Labute approximate surface area is 108 Å². The topological polar surface area (TPSA) is 37.4 Å². The standard InChI is InChI=1S/C13H12BrNO2/c1-2-9-5-13(17)15(7-9)12-4-3-11(14)6-10(12)8-16/h2-4,6,8-9H,1,5,7H2. The molecule has 0 aromatic heterocycles. The van der Waals surface area contributed by atoms with Crippen LogP contribution < -0.4 is 4.90 Å². The average Bonchev–Trinajstić information content (AvgIpc) is 2.70. The van der Waals surface area contributed by atoms with Crippen molar-refractivity contribution in [2.45, 2.75) is 6.42 Å². The summed E-state index contributed by atoms with van der Waals surface area (Å²) in [5, 5.41) is 0. The molecule has 1 aliphatic heterocycles. The van der Waals surface area contributed by atoms with E-state index in [1.807, 2.05) is 6.07 Å². The summed E-state index contributed by atoms with van der Waals surface area (Å²) in [5.41, 5.74) is 1.20. The third kappa shape index (κ3) is 2.31. The predicted molar refractivity (Wildman–Crippen MR) is 70.2 cm³/mol. The summed E-state index contributed by atoms with van der Waals surface area (Å²) in [6, 6.07) is 5.34. The van der Waals surface area contributed by atoms with Gasteiger partial charge in [-0.1, -0.05) is 22.0 Å². The Hall–Kier alpha value is -1.42. The van der Waals surface area contributed by atoms with Gasteiger partial charge in [0.25, 0.3) is 0 Å². The van der Waals surface area contributed by atoms with Gasteiger partial charge in [0.05, 0.1) is 5.69 Å². The Kier molecular flexibility index (Phi) is 3.43. The first-order valence-electron chi connectivity index (χ1n) is 5.33. The van der Waals surface area contributed by atoms with Crippen LogP contribution in [0.3, 0.4) is 0 Å². The van der Waals surface area contributed by atoms with Gasteiger partial charge in [0.2, 0.25) is 5.91 Å². The second kappa shape index (κ2) is 4.84. The van der Waals surface area contributed by atoms with Crippen LogP contribution in [0, 0.1) is 5.92 Å². The van der Waals surface area contributed by atoms with E-state index in [0.29, 0.717) is 24.2 Å². The molecule has 4 heteroatoms. The first kappa shape index (κ1) is 12.0. The lowest BCUT2D eigenvalue weighted by Gasteiger charge is -2.18. The lowest BCUT2D eigenvalue weighted by Crippen LogP contribution is -2.25. The van der Waals surface area contributed by atoms with E-state index in [4.69, 9.17) is 0 Å². The number of amides is 1. The van der Waals surface area contributed by atoms with E-state index < -0.39 is 0 Å². The van der Waals surface area contributed by atoms with Gasteiger partial charge in [-0.2, -0.15) is 0 Å². The van der Waals surface area contributed by atoms with Crippen LogP contribution in [-0.4, -0.2) is 18.7 Å². The number of benzene rings is 1. The summed E-state index contributed by atoms with van der Waals surface area (Å²) in [4.78, 5) is 24.5. The molecule has 1 unspecified atom stereocenters. The SMILES string of the molecule is C=CC1CC(=O)N(c2ccc(Br)cc2C=O)C1. The smallest absolute Gasteiger partial charge is 0.227 e. The van der Waals surface area contributed by atoms with Crippen molar-refractivity contribution in [1.29, 1.82) is 0 Å². The Bertz CT molecular complexity index is 484. The quantitative estimate of drug-likeness (QED) is 0.635. The van der Waals surface area contributed by atoms with Crippen molar-refractivity contribution in [2.75, 3.05) is 11.4 Å². The second-order valence-corrected chi connectivity index (χ2v) is 4.94. The van der Waals surface area contributed by atoms with E-state index >= 15 is 0 Å². The number of hydrogen-bond acceptors (Lipinski definition) is 2. The fourth-order valence-electron chi connectivity index (χ4n) is 1.99. The van der Waals surface area contributed by atoms with E-state index in [1.165, 1.54) is 0 Å². The molecular weight excluding hydrogens is 282 g/mol. The summed E-state index contributed by atoms with van der Waals surface area (Å²) in [7, 11) is 0. The molecule has 1 aliphatic rings. The monoisotopic (exact) mass is 293 g/mol. The van der Waals surface area contributed by atoms with Crippen molar-refractivity contribution in [2.24, 2.45) is 5.92 Å². The van der Waals surface area contributed by atoms with Gasteiger partial charge in [0.1, 0.15) is 0 Å². The van der Waals surface area contributed by atoms with Gasteiger partial charge in [-0.15, -0.1) is 6.58 Å². The molecule has 17 heavy (non-hydrogen) atoms. The minimum Gasteiger partial charge on any atom is -0.311 e. The molecule has 2 rings (SSSR count). The zero-order chi connectivity index (χ0) is 12.4. The summed E-state index contributed by atoms with van der Waals surface area (Å²) in [5.74, 6) is 0.214. The molecule has 3 nitrogen and oxygen atoms in total. The van der Waals surface area contributed by atoms with Crippen LogP contribution in [0.4, 0.5) is 5.69 Å². The van der Waals surface area contributed by atoms with Crippen molar-refractivity contribution in [1.82, 2.24) is 0 Å². The van der Waals surface area contributed by atoms with Crippen LogP contribution in [0.1, 0.15) is 16.8 Å². The number of halogens is 1. The molecule has 0 radical (unpaired) electrons. The van der Waals surface area contributed by atoms with Gasteiger partial charge in [0, 0.05) is 28.9 Å². The average molecular weight is 294 g/mol. The number of anilines is 1. The van der Waals surface area contributed by atoms with Crippen LogP contribution in [0.2, 0.25) is 0 Å². The molecule has 0 spiro atoms.